The Bertz CT molecular complexity index is 1260. The van der Waals surface area contributed by atoms with Gasteiger partial charge in [0.25, 0.3) is 17.4 Å². The van der Waals surface area contributed by atoms with Gasteiger partial charge < -0.3 is 26.1 Å². The molecule has 0 fully saturated rings. The van der Waals surface area contributed by atoms with Crippen molar-refractivity contribution in [1.29, 1.82) is 0 Å². The van der Waals surface area contributed by atoms with Crippen molar-refractivity contribution in [3.63, 3.8) is 0 Å². The summed E-state index contributed by atoms with van der Waals surface area (Å²) in [6.07, 6.45) is 0.00636. The van der Waals surface area contributed by atoms with Crippen LogP contribution in [0.1, 0.15) is 26.6 Å². The number of carbonyl (C=O) groups is 3. The lowest BCUT2D eigenvalue weighted by Gasteiger charge is -2.18. The van der Waals surface area contributed by atoms with E-state index in [0.717, 1.165) is 16.9 Å². The first-order chi connectivity index (χ1) is 14.3. The van der Waals surface area contributed by atoms with E-state index in [-0.39, 0.29) is 31.3 Å². The second-order valence-electron chi connectivity index (χ2n) is 6.74. The van der Waals surface area contributed by atoms with Crippen molar-refractivity contribution in [3.8, 4) is 5.75 Å². The van der Waals surface area contributed by atoms with Crippen LogP contribution in [0.25, 0.3) is 10.2 Å². The zero-order valence-electron chi connectivity index (χ0n) is 15.8. The predicted octanol–water partition coefficient (Wildman–Crippen LogP) is 0.582. The topological polar surface area (TPSA) is 156 Å². The molecule has 1 aromatic carbocycles. The molecule has 1 aliphatic rings. The van der Waals surface area contributed by atoms with Crippen LogP contribution in [0.3, 0.4) is 0 Å². The first-order valence-corrected chi connectivity index (χ1v) is 9.78. The first-order valence-electron chi connectivity index (χ1n) is 8.96. The summed E-state index contributed by atoms with van der Waals surface area (Å²) in [6, 6.07) is 5.16. The molecule has 3 aromatic rings. The summed E-state index contributed by atoms with van der Waals surface area (Å²) in [5.41, 5.74) is 6.68. The van der Waals surface area contributed by atoms with Crippen molar-refractivity contribution < 1.29 is 19.1 Å². The number of nitrogens with one attached hydrogen (secondary N) is 3. The maximum Gasteiger partial charge on any atom is 0.287 e. The number of carbonyl (C=O) groups excluding carboxylic acids is 3. The number of benzene rings is 1. The Morgan fingerprint density at radius 1 is 1.33 bits per heavy atom. The summed E-state index contributed by atoms with van der Waals surface area (Å²) in [5.74, 6) is -0.893. The molecule has 5 N–H and O–H groups in total. The number of ether oxygens (including phenoxy) is 1. The summed E-state index contributed by atoms with van der Waals surface area (Å²) in [4.78, 5) is 55.4. The molecule has 3 heterocycles. The van der Waals surface area contributed by atoms with Crippen molar-refractivity contribution in [2.75, 3.05) is 11.9 Å². The molecule has 0 unspecified atom stereocenters. The number of nitrogens with zero attached hydrogens (tertiary/aromatic N) is 1. The van der Waals surface area contributed by atoms with E-state index in [2.05, 4.69) is 20.6 Å². The van der Waals surface area contributed by atoms with Crippen LogP contribution in [-0.4, -0.2) is 34.3 Å². The number of aryl methyl sites for hydroxylation is 1. The molecule has 0 aliphatic carbocycles. The zero-order chi connectivity index (χ0) is 21.4. The Labute approximate surface area is 173 Å². The number of hydrogen-bond acceptors (Lipinski definition) is 7. The molecule has 1 aliphatic heterocycles. The molecule has 0 atom stereocenters. The molecule has 0 bridgehead atoms. The summed E-state index contributed by atoms with van der Waals surface area (Å²) < 4.78 is 5.30. The molecule has 4 rings (SSSR count). The smallest absolute Gasteiger partial charge is 0.287 e. The molecule has 0 radical (unpaired) electrons. The highest BCUT2D eigenvalue weighted by molar-refractivity contribution is 7.18. The van der Waals surface area contributed by atoms with Gasteiger partial charge in [-0.05, 0) is 30.2 Å². The minimum absolute atomic E-state index is 0.00636. The van der Waals surface area contributed by atoms with Gasteiger partial charge >= 0.3 is 0 Å². The lowest BCUT2D eigenvalue weighted by Crippen LogP contribution is -2.28. The lowest BCUT2D eigenvalue weighted by atomic mass is 10.1. The predicted molar refractivity (Wildman–Crippen MR) is 110 cm³/mol. The van der Waals surface area contributed by atoms with Crippen LogP contribution in [0.2, 0.25) is 0 Å². The number of aromatic amines is 1. The van der Waals surface area contributed by atoms with Crippen molar-refractivity contribution in [2.45, 2.75) is 19.9 Å². The number of rotatable bonds is 5. The van der Waals surface area contributed by atoms with Gasteiger partial charge in [-0.3, -0.25) is 19.2 Å². The number of H-pyrrole nitrogens is 1. The number of thiophene rings is 1. The number of primary amides is 1. The number of anilines is 1. The zero-order valence-corrected chi connectivity index (χ0v) is 16.6. The molecule has 0 saturated heterocycles. The number of hydrogen-bond donors (Lipinski definition) is 4. The van der Waals surface area contributed by atoms with Crippen LogP contribution in [0.15, 0.2) is 23.0 Å². The fourth-order valence-corrected chi connectivity index (χ4v) is 4.32. The normalized spacial score (nSPS) is 12.8. The first kappa shape index (κ1) is 19.6. The number of amides is 3. The third-order valence-electron chi connectivity index (χ3n) is 4.58. The quantitative estimate of drug-likeness (QED) is 0.467. The van der Waals surface area contributed by atoms with E-state index in [1.165, 1.54) is 0 Å². The third kappa shape index (κ3) is 3.74. The highest BCUT2D eigenvalue weighted by atomic mass is 32.1. The van der Waals surface area contributed by atoms with Crippen molar-refractivity contribution in [3.05, 3.63) is 50.4 Å². The van der Waals surface area contributed by atoms with Gasteiger partial charge in [0.2, 0.25) is 11.7 Å². The van der Waals surface area contributed by atoms with E-state index in [9.17, 15) is 19.2 Å². The Morgan fingerprint density at radius 2 is 2.13 bits per heavy atom. The Morgan fingerprint density at radius 3 is 2.90 bits per heavy atom. The molecule has 0 saturated carbocycles. The molecule has 2 aromatic heterocycles. The average molecular weight is 427 g/mol. The maximum atomic E-state index is 12.5. The van der Waals surface area contributed by atoms with E-state index in [1.807, 2.05) is 0 Å². The second kappa shape index (κ2) is 7.59. The largest absolute Gasteiger partial charge is 0.482 e. The highest BCUT2D eigenvalue weighted by Gasteiger charge is 2.19. The van der Waals surface area contributed by atoms with Gasteiger partial charge in [0.15, 0.2) is 6.61 Å². The third-order valence-corrected chi connectivity index (χ3v) is 5.76. The fraction of sp³-hybridized carbons (Fsp3) is 0.211. The Balaban J connectivity index is 1.54. The fourth-order valence-electron chi connectivity index (χ4n) is 3.13. The van der Waals surface area contributed by atoms with Crippen molar-refractivity contribution in [2.24, 2.45) is 5.73 Å². The summed E-state index contributed by atoms with van der Waals surface area (Å²) in [7, 11) is 0. The Hall–Kier alpha value is -3.73. The van der Waals surface area contributed by atoms with E-state index in [0.29, 0.717) is 32.1 Å². The minimum atomic E-state index is -0.561. The van der Waals surface area contributed by atoms with Crippen LogP contribution in [0, 0.1) is 6.92 Å². The molecule has 0 spiro atoms. The van der Waals surface area contributed by atoms with Gasteiger partial charge in [0.05, 0.1) is 17.5 Å². The van der Waals surface area contributed by atoms with E-state index < -0.39 is 17.4 Å². The highest BCUT2D eigenvalue weighted by Crippen LogP contribution is 2.29. The molecule has 3 amide bonds. The minimum Gasteiger partial charge on any atom is -0.482 e. The van der Waals surface area contributed by atoms with Crippen molar-refractivity contribution in [1.82, 2.24) is 15.3 Å². The number of nitrogens with two attached hydrogens (primary N) is 1. The van der Waals surface area contributed by atoms with Crippen LogP contribution in [0.5, 0.6) is 5.75 Å². The molecule has 10 nitrogen and oxygen atoms in total. The molecule has 11 heteroatoms. The van der Waals surface area contributed by atoms with E-state index in [4.69, 9.17) is 10.5 Å². The molecule has 154 valence electrons. The molecular weight excluding hydrogens is 410 g/mol. The molecule has 30 heavy (non-hydrogen) atoms. The molecular formula is C19H17N5O5S. The van der Waals surface area contributed by atoms with Crippen LogP contribution in [0.4, 0.5) is 5.69 Å². The van der Waals surface area contributed by atoms with Crippen molar-refractivity contribution >= 4 is 45.0 Å². The summed E-state index contributed by atoms with van der Waals surface area (Å²) in [6.45, 7) is 1.83. The van der Waals surface area contributed by atoms with E-state index >= 15 is 0 Å². The number of aromatic nitrogens is 2. The van der Waals surface area contributed by atoms with Crippen LogP contribution < -0.4 is 26.7 Å². The summed E-state index contributed by atoms with van der Waals surface area (Å²) >= 11 is 1.16. The van der Waals surface area contributed by atoms with Gasteiger partial charge in [-0.15, -0.1) is 11.3 Å². The standard InChI is InChI=1S/C19H17N5O5S/c1-8-12(5-13(20)25)30-19-15(8)17(27)23-16(24-19)18(28)21-6-9-2-3-11-10(4-9)22-14(26)7-29-11/h2-4H,5-7H2,1H3,(H2,20,25)(H,21,28)(H,22,26)(H,23,24,27). The average Bonchev–Trinajstić information content (AvgIpc) is 3.00. The number of fused-ring (bicyclic) bond motifs is 2. The van der Waals surface area contributed by atoms with Gasteiger partial charge in [0, 0.05) is 11.4 Å². The maximum absolute atomic E-state index is 12.5. The van der Waals surface area contributed by atoms with Gasteiger partial charge in [0.1, 0.15) is 10.6 Å². The van der Waals surface area contributed by atoms with Gasteiger partial charge in [-0.2, -0.15) is 0 Å². The van der Waals surface area contributed by atoms with Crippen LogP contribution >= 0.6 is 11.3 Å². The second-order valence-corrected chi connectivity index (χ2v) is 7.82. The Kier molecular flexibility index (Phi) is 4.96. The SMILES string of the molecule is Cc1c(CC(N)=O)sc2nc(C(=O)NCc3ccc4c(c3)NC(=O)CO4)[nH]c(=O)c12. The van der Waals surface area contributed by atoms with Gasteiger partial charge in [-0.25, -0.2) is 4.98 Å². The lowest BCUT2D eigenvalue weighted by molar-refractivity contribution is -0.119. The summed E-state index contributed by atoms with van der Waals surface area (Å²) in [5, 5.41) is 5.73. The van der Waals surface area contributed by atoms with Gasteiger partial charge in [-0.1, -0.05) is 6.07 Å². The van der Waals surface area contributed by atoms with E-state index in [1.54, 1.807) is 25.1 Å². The van der Waals surface area contributed by atoms with Crippen LogP contribution in [-0.2, 0) is 22.6 Å². The monoisotopic (exact) mass is 427 g/mol.